The average molecular weight is 321 g/mol. The Morgan fingerprint density at radius 3 is 2.74 bits per heavy atom. The largest absolute Gasteiger partial charge is 0.497 e. The van der Waals surface area contributed by atoms with Crippen molar-refractivity contribution in [1.82, 2.24) is 4.98 Å². The molecule has 0 aliphatic heterocycles. The summed E-state index contributed by atoms with van der Waals surface area (Å²) in [4.78, 5) is 6.60. The molecule has 1 aromatic heterocycles. The van der Waals surface area contributed by atoms with Crippen molar-refractivity contribution in [3.63, 3.8) is 0 Å². The van der Waals surface area contributed by atoms with Gasteiger partial charge in [0.15, 0.2) is 0 Å². The van der Waals surface area contributed by atoms with Crippen LogP contribution in [-0.2, 0) is 5.33 Å². The Labute approximate surface area is 122 Å². The monoisotopic (exact) mass is 320 g/mol. The lowest BCUT2D eigenvalue weighted by molar-refractivity contribution is 0.415. The number of rotatable bonds is 4. The number of hydrogen-bond acceptors (Lipinski definition) is 3. The van der Waals surface area contributed by atoms with Crippen LogP contribution in [0.25, 0.3) is 0 Å². The SMILES string of the molecule is COc1cccc(N(C)c2ncc(CBr)cc2C)c1. The highest BCUT2D eigenvalue weighted by molar-refractivity contribution is 9.08. The second-order valence-corrected chi connectivity index (χ2v) is 4.94. The van der Waals surface area contributed by atoms with Crippen molar-refractivity contribution in [2.45, 2.75) is 12.3 Å². The molecule has 0 amide bonds. The van der Waals surface area contributed by atoms with Gasteiger partial charge in [-0.1, -0.05) is 28.1 Å². The number of nitrogens with zero attached hydrogens (tertiary/aromatic N) is 2. The van der Waals surface area contributed by atoms with Gasteiger partial charge in [0, 0.05) is 30.3 Å². The van der Waals surface area contributed by atoms with E-state index in [0.29, 0.717) is 0 Å². The molecule has 100 valence electrons. The van der Waals surface area contributed by atoms with Gasteiger partial charge in [-0.15, -0.1) is 0 Å². The fraction of sp³-hybridized carbons (Fsp3) is 0.267. The summed E-state index contributed by atoms with van der Waals surface area (Å²) in [5.41, 5.74) is 3.39. The lowest BCUT2D eigenvalue weighted by atomic mass is 10.2. The van der Waals surface area contributed by atoms with E-state index in [1.165, 1.54) is 5.56 Å². The molecular weight excluding hydrogens is 304 g/mol. The third kappa shape index (κ3) is 3.07. The van der Waals surface area contributed by atoms with Gasteiger partial charge in [-0.25, -0.2) is 4.98 Å². The van der Waals surface area contributed by atoms with Crippen LogP contribution >= 0.6 is 15.9 Å². The molecule has 0 aliphatic rings. The van der Waals surface area contributed by atoms with Gasteiger partial charge in [-0.3, -0.25) is 0 Å². The van der Waals surface area contributed by atoms with E-state index in [-0.39, 0.29) is 0 Å². The highest BCUT2D eigenvalue weighted by atomic mass is 79.9. The minimum atomic E-state index is 0.823. The van der Waals surface area contributed by atoms with Gasteiger partial charge in [0.1, 0.15) is 11.6 Å². The number of hydrogen-bond donors (Lipinski definition) is 0. The van der Waals surface area contributed by atoms with E-state index >= 15 is 0 Å². The first-order valence-electron chi connectivity index (χ1n) is 6.05. The van der Waals surface area contributed by atoms with Crippen molar-refractivity contribution in [3.05, 3.63) is 47.7 Å². The lowest BCUT2D eigenvalue weighted by Gasteiger charge is -2.21. The lowest BCUT2D eigenvalue weighted by Crippen LogP contribution is -2.13. The molecule has 0 radical (unpaired) electrons. The number of halogens is 1. The molecule has 0 N–H and O–H groups in total. The van der Waals surface area contributed by atoms with Gasteiger partial charge in [-0.2, -0.15) is 0 Å². The highest BCUT2D eigenvalue weighted by Crippen LogP contribution is 2.28. The molecule has 2 rings (SSSR count). The maximum Gasteiger partial charge on any atom is 0.135 e. The van der Waals surface area contributed by atoms with Crippen LogP contribution in [0, 0.1) is 6.92 Å². The van der Waals surface area contributed by atoms with Crippen LogP contribution in [0.4, 0.5) is 11.5 Å². The van der Waals surface area contributed by atoms with Gasteiger partial charge in [0.25, 0.3) is 0 Å². The quantitative estimate of drug-likeness (QED) is 0.794. The predicted molar refractivity (Wildman–Crippen MR) is 82.7 cm³/mol. The van der Waals surface area contributed by atoms with Crippen molar-refractivity contribution < 1.29 is 4.74 Å². The van der Waals surface area contributed by atoms with E-state index in [9.17, 15) is 0 Å². The van der Waals surface area contributed by atoms with Crippen LogP contribution in [0.3, 0.4) is 0 Å². The van der Waals surface area contributed by atoms with Gasteiger partial charge < -0.3 is 9.64 Å². The van der Waals surface area contributed by atoms with E-state index in [0.717, 1.165) is 28.1 Å². The molecule has 0 bridgehead atoms. The van der Waals surface area contributed by atoms with Gasteiger partial charge in [-0.05, 0) is 30.2 Å². The smallest absolute Gasteiger partial charge is 0.135 e. The van der Waals surface area contributed by atoms with Crippen molar-refractivity contribution in [2.75, 3.05) is 19.1 Å². The van der Waals surface area contributed by atoms with Gasteiger partial charge >= 0.3 is 0 Å². The molecule has 3 nitrogen and oxygen atoms in total. The maximum atomic E-state index is 5.25. The maximum absolute atomic E-state index is 5.25. The topological polar surface area (TPSA) is 25.4 Å². The first-order valence-corrected chi connectivity index (χ1v) is 7.17. The number of alkyl halides is 1. The number of ether oxygens (including phenoxy) is 1. The molecule has 0 atom stereocenters. The summed E-state index contributed by atoms with van der Waals surface area (Å²) in [5, 5.41) is 0.823. The van der Waals surface area contributed by atoms with Crippen LogP contribution in [0.1, 0.15) is 11.1 Å². The number of aryl methyl sites for hydroxylation is 1. The number of aromatic nitrogens is 1. The average Bonchev–Trinajstić information content (AvgIpc) is 2.46. The van der Waals surface area contributed by atoms with Gasteiger partial charge in [0.2, 0.25) is 0 Å². The second kappa shape index (κ2) is 6.06. The summed E-state index contributed by atoms with van der Waals surface area (Å²) in [5.74, 6) is 1.80. The molecule has 19 heavy (non-hydrogen) atoms. The molecule has 0 fully saturated rings. The highest BCUT2D eigenvalue weighted by Gasteiger charge is 2.09. The van der Waals surface area contributed by atoms with E-state index in [2.05, 4.69) is 38.8 Å². The molecule has 0 spiro atoms. The molecule has 0 aliphatic carbocycles. The third-order valence-electron chi connectivity index (χ3n) is 3.02. The Morgan fingerprint density at radius 1 is 1.32 bits per heavy atom. The van der Waals surface area contributed by atoms with Crippen LogP contribution in [-0.4, -0.2) is 19.1 Å². The molecule has 0 saturated heterocycles. The predicted octanol–water partition coefficient (Wildman–Crippen LogP) is 4.06. The standard InChI is InChI=1S/C15H17BrN2O/c1-11-7-12(9-16)10-17-15(11)18(2)13-5-4-6-14(8-13)19-3/h4-8,10H,9H2,1-3H3. The second-order valence-electron chi connectivity index (χ2n) is 4.38. The van der Waals surface area contributed by atoms with Crippen molar-refractivity contribution in [3.8, 4) is 5.75 Å². The number of anilines is 2. The molecule has 4 heteroatoms. The summed E-state index contributed by atoms with van der Waals surface area (Å²) in [7, 11) is 3.69. The van der Waals surface area contributed by atoms with Crippen LogP contribution in [0.5, 0.6) is 5.75 Å². The third-order valence-corrected chi connectivity index (χ3v) is 3.67. The first kappa shape index (κ1) is 13.9. The molecule has 1 aromatic carbocycles. The van der Waals surface area contributed by atoms with Crippen LogP contribution in [0.15, 0.2) is 36.5 Å². The first-order chi connectivity index (χ1) is 9.15. The Morgan fingerprint density at radius 2 is 2.11 bits per heavy atom. The van der Waals surface area contributed by atoms with Crippen LogP contribution in [0.2, 0.25) is 0 Å². The van der Waals surface area contributed by atoms with Crippen molar-refractivity contribution >= 4 is 27.4 Å². The minimum Gasteiger partial charge on any atom is -0.497 e. The zero-order valence-corrected chi connectivity index (χ0v) is 12.9. The fourth-order valence-corrected chi connectivity index (χ4v) is 2.30. The van der Waals surface area contributed by atoms with E-state index in [1.54, 1.807) is 7.11 Å². The van der Waals surface area contributed by atoms with E-state index < -0.39 is 0 Å². The molecule has 0 unspecified atom stereocenters. The number of pyridine rings is 1. The van der Waals surface area contributed by atoms with Crippen molar-refractivity contribution in [2.24, 2.45) is 0 Å². The van der Waals surface area contributed by atoms with Crippen molar-refractivity contribution in [1.29, 1.82) is 0 Å². The summed E-state index contributed by atoms with van der Waals surface area (Å²) in [6.07, 6.45) is 1.90. The Kier molecular flexibility index (Phi) is 4.43. The zero-order chi connectivity index (χ0) is 13.8. The zero-order valence-electron chi connectivity index (χ0n) is 11.4. The van der Waals surface area contributed by atoms with Crippen LogP contribution < -0.4 is 9.64 Å². The summed E-state index contributed by atoms with van der Waals surface area (Å²) >= 11 is 3.45. The fourth-order valence-electron chi connectivity index (χ4n) is 1.99. The van der Waals surface area contributed by atoms with Gasteiger partial charge in [0.05, 0.1) is 7.11 Å². The summed E-state index contributed by atoms with van der Waals surface area (Å²) < 4.78 is 5.25. The Balaban J connectivity index is 2.35. The van der Waals surface area contributed by atoms with E-state index in [4.69, 9.17) is 4.74 Å². The normalized spacial score (nSPS) is 10.3. The number of benzene rings is 1. The Bertz CT molecular complexity index is 572. The molecule has 1 heterocycles. The number of methoxy groups -OCH3 is 1. The molecule has 2 aromatic rings. The summed E-state index contributed by atoms with van der Waals surface area (Å²) in [6.45, 7) is 2.07. The molecular formula is C15H17BrN2O. The molecule has 0 saturated carbocycles. The minimum absolute atomic E-state index is 0.823. The van der Waals surface area contributed by atoms with E-state index in [1.807, 2.05) is 37.5 Å². The Hall–Kier alpha value is -1.55. The summed E-state index contributed by atoms with van der Waals surface area (Å²) in [6, 6.07) is 10.1.